The molecule has 0 heterocycles. The van der Waals surface area contributed by atoms with E-state index in [1.807, 2.05) is 0 Å². The molecule has 2 heteroatoms. The van der Waals surface area contributed by atoms with Crippen molar-refractivity contribution in [3.05, 3.63) is 204 Å². The van der Waals surface area contributed by atoms with Crippen LogP contribution in [0.2, 0.25) is 0 Å². The van der Waals surface area contributed by atoms with Gasteiger partial charge in [0.2, 0.25) is 0 Å². The zero-order chi connectivity index (χ0) is 44.5. The average molecular weight is 847 g/mol. The molecule has 0 aromatic heterocycles. The van der Waals surface area contributed by atoms with E-state index in [2.05, 4.69) is 265 Å². The summed E-state index contributed by atoms with van der Waals surface area (Å²) in [6.07, 6.45) is 0. The van der Waals surface area contributed by atoms with Crippen LogP contribution >= 0.6 is 15.8 Å². The smallest absolute Gasteiger partial charge is 0.000884 e. The van der Waals surface area contributed by atoms with Crippen molar-refractivity contribution in [2.24, 2.45) is 0 Å². The van der Waals surface area contributed by atoms with Gasteiger partial charge >= 0.3 is 0 Å². The molecule has 0 bridgehead atoms. The van der Waals surface area contributed by atoms with Gasteiger partial charge in [0.15, 0.2) is 0 Å². The normalized spacial score (nSPS) is 12.5. The first kappa shape index (κ1) is 45.2. The third kappa shape index (κ3) is 10.7. The van der Waals surface area contributed by atoms with Gasteiger partial charge in [0, 0.05) is 0 Å². The molecule has 0 aliphatic carbocycles. The minimum absolute atomic E-state index is 0.157. The molecule has 0 saturated heterocycles. The second-order valence-electron chi connectivity index (χ2n) is 20.7. The maximum Gasteiger partial charge on any atom is -0.000884 e. The van der Waals surface area contributed by atoms with Gasteiger partial charge in [0.05, 0.1) is 0 Å². The van der Waals surface area contributed by atoms with Crippen molar-refractivity contribution in [3.8, 4) is 0 Å². The van der Waals surface area contributed by atoms with E-state index in [4.69, 9.17) is 0 Å². The van der Waals surface area contributed by atoms with Crippen LogP contribution in [0.1, 0.15) is 105 Å². The van der Waals surface area contributed by atoms with E-state index in [-0.39, 0.29) is 21.7 Å². The predicted octanol–water partition coefficient (Wildman–Crippen LogP) is 14.0. The quantitative estimate of drug-likeness (QED) is 0.146. The molecular weight excluding hydrogens is 783 g/mol. The van der Waals surface area contributed by atoms with Gasteiger partial charge in [0.1, 0.15) is 0 Å². The summed E-state index contributed by atoms with van der Waals surface area (Å²) in [7, 11) is -1.34. The van der Waals surface area contributed by atoms with E-state index >= 15 is 0 Å². The van der Waals surface area contributed by atoms with Crippen molar-refractivity contribution in [1.82, 2.24) is 0 Å². The fraction of sp³-hybridized carbons (Fsp3) is 0.267. The molecule has 0 unspecified atom stereocenters. The van der Waals surface area contributed by atoms with Crippen molar-refractivity contribution in [2.75, 3.05) is 0 Å². The van der Waals surface area contributed by atoms with Gasteiger partial charge in [-0.1, -0.05) is 253 Å². The number of fused-ring (bicyclic) bond motifs is 2. The lowest BCUT2D eigenvalue weighted by atomic mass is 9.87. The first-order chi connectivity index (χ1) is 29.3. The molecule has 8 rings (SSSR count). The molecule has 0 aliphatic heterocycles. The SMILES string of the molecule is CC(C)(C)c1ccc(P(c2[c]c3ccccc3cc2)c2ccc(C(C)(C)C)cc2)cc1.CC(C)(C)c1ccc(P(c2[c]c3ccccc3cc2)c2ccc(C(C)(C)C)cc2)cc1. The highest BCUT2D eigenvalue weighted by Crippen LogP contribution is 2.37. The maximum absolute atomic E-state index is 3.74. The molecule has 0 nitrogen and oxygen atoms in total. The van der Waals surface area contributed by atoms with Crippen LogP contribution in [-0.2, 0) is 21.7 Å². The zero-order valence-electron chi connectivity index (χ0n) is 39.1. The van der Waals surface area contributed by atoms with Gasteiger partial charge in [-0.2, -0.15) is 0 Å². The Labute approximate surface area is 376 Å². The average Bonchev–Trinajstić information content (AvgIpc) is 3.23. The molecule has 0 N–H and O–H groups in total. The van der Waals surface area contributed by atoms with Crippen LogP contribution in [0.25, 0.3) is 21.5 Å². The topological polar surface area (TPSA) is 0 Å². The van der Waals surface area contributed by atoms with Gasteiger partial charge in [-0.15, -0.1) is 0 Å². The Morgan fingerprint density at radius 3 is 0.758 bits per heavy atom. The Hall–Kier alpha value is -4.86. The van der Waals surface area contributed by atoms with Gasteiger partial charge in [-0.05, 0) is 125 Å². The molecule has 0 fully saturated rings. The third-order valence-corrected chi connectivity index (χ3v) is 16.5. The summed E-state index contributed by atoms with van der Waals surface area (Å²) < 4.78 is 0. The Bertz CT molecular complexity index is 2420. The van der Waals surface area contributed by atoms with Crippen LogP contribution < -0.4 is 31.8 Å². The van der Waals surface area contributed by atoms with Crippen LogP contribution in [0.3, 0.4) is 0 Å². The summed E-state index contributed by atoms with van der Waals surface area (Å²) in [5, 5.41) is 12.9. The highest BCUT2D eigenvalue weighted by Gasteiger charge is 2.23. The van der Waals surface area contributed by atoms with Crippen LogP contribution in [0.4, 0.5) is 0 Å². The van der Waals surface area contributed by atoms with E-state index in [0.717, 1.165) is 0 Å². The molecule has 8 aromatic rings. The van der Waals surface area contributed by atoms with E-state index in [0.29, 0.717) is 0 Å². The lowest BCUT2D eigenvalue weighted by molar-refractivity contribution is 0.590. The number of rotatable bonds is 6. The second-order valence-corrected chi connectivity index (χ2v) is 25.1. The fourth-order valence-corrected chi connectivity index (χ4v) is 12.2. The van der Waals surface area contributed by atoms with Crippen LogP contribution in [-0.4, -0.2) is 0 Å². The molecule has 0 atom stereocenters. The van der Waals surface area contributed by atoms with Crippen molar-refractivity contribution >= 4 is 69.2 Å². The molecular formula is C60H64P2. The molecule has 0 aliphatic rings. The summed E-state index contributed by atoms with van der Waals surface area (Å²) in [5.41, 5.74) is 6.12. The van der Waals surface area contributed by atoms with Crippen molar-refractivity contribution < 1.29 is 0 Å². The highest BCUT2D eigenvalue weighted by atomic mass is 31.1. The number of benzene rings is 8. The highest BCUT2D eigenvalue weighted by molar-refractivity contribution is 7.80. The third-order valence-electron chi connectivity index (χ3n) is 11.7. The van der Waals surface area contributed by atoms with Crippen molar-refractivity contribution in [2.45, 2.75) is 105 Å². The summed E-state index contributed by atoms with van der Waals surface area (Å²) in [4.78, 5) is 0. The maximum atomic E-state index is 3.74. The predicted molar refractivity (Wildman–Crippen MR) is 278 cm³/mol. The minimum Gasteiger partial charge on any atom is -0.0616 e. The van der Waals surface area contributed by atoms with Crippen molar-refractivity contribution in [3.63, 3.8) is 0 Å². The number of hydrogen-bond donors (Lipinski definition) is 0. The lowest BCUT2D eigenvalue weighted by Gasteiger charge is -2.24. The van der Waals surface area contributed by atoms with Gasteiger partial charge in [-0.25, -0.2) is 0 Å². The molecule has 62 heavy (non-hydrogen) atoms. The van der Waals surface area contributed by atoms with Crippen LogP contribution in [0, 0.1) is 12.1 Å². The standard InChI is InChI=1S/2C30H32P/c2*1-29(2,3)24-12-17-26(18-13-24)31(27-19-14-25(15-20-27)30(4,5)6)28-16-11-22-9-7-8-10-23(22)21-28/h2*7-20H,1-6H3. The fourth-order valence-electron chi connectivity index (χ4n) is 7.77. The summed E-state index contributed by atoms with van der Waals surface area (Å²) >= 11 is 0. The molecule has 314 valence electrons. The largest absolute Gasteiger partial charge is 0.0616 e. The summed E-state index contributed by atoms with van der Waals surface area (Å²) in [6, 6.07) is 70.5. The Morgan fingerprint density at radius 2 is 0.516 bits per heavy atom. The summed E-state index contributed by atoms with van der Waals surface area (Å²) in [5.74, 6) is 0. The lowest BCUT2D eigenvalue weighted by Crippen LogP contribution is -2.22. The monoisotopic (exact) mass is 846 g/mol. The van der Waals surface area contributed by atoms with E-state index < -0.39 is 15.8 Å². The van der Waals surface area contributed by atoms with Crippen LogP contribution in [0.5, 0.6) is 0 Å². The Morgan fingerprint density at radius 1 is 0.274 bits per heavy atom. The van der Waals surface area contributed by atoms with Crippen molar-refractivity contribution in [1.29, 1.82) is 0 Å². The van der Waals surface area contributed by atoms with E-state index in [9.17, 15) is 0 Å². The molecule has 2 radical (unpaired) electrons. The Balaban J connectivity index is 0.000000186. The Kier molecular flexibility index (Phi) is 13.2. The van der Waals surface area contributed by atoms with Gasteiger partial charge < -0.3 is 0 Å². The zero-order valence-corrected chi connectivity index (χ0v) is 40.8. The van der Waals surface area contributed by atoms with Gasteiger partial charge in [0.25, 0.3) is 0 Å². The minimum atomic E-state index is -0.671. The first-order valence-corrected chi connectivity index (χ1v) is 24.8. The molecule has 8 aromatic carbocycles. The number of hydrogen-bond acceptors (Lipinski definition) is 0. The molecule has 0 saturated carbocycles. The first-order valence-electron chi connectivity index (χ1n) is 22.1. The molecule has 0 spiro atoms. The van der Waals surface area contributed by atoms with E-state index in [1.54, 1.807) is 0 Å². The molecule has 0 amide bonds. The van der Waals surface area contributed by atoms with E-state index in [1.165, 1.54) is 75.6 Å². The second kappa shape index (κ2) is 18.1. The summed E-state index contributed by atoms with van der Waals surface area (Å²) in [6.45, 7) is 27.3. The van der Waals surface area contributed by atoms with Gasteiger partial charge in [-0.3, -0.25) is 0 Å². The van der Waals surface area contributed by atoms with Crippen LogP contribution in [0.15, 0.2) is 170 Å².